The van der Waals surface area contributed by atoms with Crippen molar-refractivity contribution in [2.45, 2.75) is 39.5 Å². The highest BCUT2D eigenvalue weighted by Crippen LogP contribution is 2.54. The highest BCUT2D eigenvalue weighted by atomic mass is 31.2. The van der Waals surface area contributed by atoms with Crippen molar-refractivity contribution in [2.75, 3.05) is 13.8 Å². The highest BCUT2D eigenvalue weighted by molar-refractivity contribution is 7.66. The van der Waals surface area contributed by atoms with Crippen molar-refractivity contribution in [2.24, 2.45) is 0 Å². The Labute approximate surface area is 232 Å². The average Bonchev–Trinajstić information content (AvgIpc) is 2.94. The smallest absolute Gasteiger partial charge is 0.410 e. The van der Waals surface area contributed by atoms with Crippen LogP contribution in [0.5, 0.6) is 11.5 Å². The van der Waals surface area contributed by atoms with Gasteiger partial charge in [0.15, 0.2) is 0 Å². The lowest BCUT2D eigenvalue weighted by Crippen LogP contribution is -2.12. The van der Waals surface area contributed by atoms with Gasteiger partial charge in [0.2, 0.25) is 0 Å². The molecule has 0 spiro atoms. The van der Waals surface area contributed by atoms with Crippen LogP contribution >= 0.6 is 15.0 Å². The monoisotopic (exact) mass is 562 g/mol. The molecular weight excluding hydrogens is 526 g/mol. The maximum atomic E-state index is 14.1. The molecule has 0 N–H and O–H groups in total. The lowest BCUT2D eigenvalue weighted by atomic mass is 9.98. The Morgan fingerprint density at radius 3 is 1.92 bits per heavy atom. The Morgan fingerprint density at radius 1 is 0.718 bits per heavy atom. The zero-order chi connectivity index (χ0) is 27.9. The van der Waals surface area contributed by atoms with E-state index in [9.17, 15) is 9.13 Å². The van der Waals surface area contributed by atoms with Gasteiger partial charge in [0, 0.05) is 19.1 Å². The summed E-state index contributed by atoms with van der Waals surface area (Å²) in [5, 5.41) is 1.07. The SMILES string of the molecule is CCCCCc1cc(OP(C)(=O)c2ccccc2)c(-c2cccc(C)c2)c(OP(=O)(OC)c2ccccc2)c1. The Morgan fingerprint density at radius 2 is 1.33 bits per heavy atom. The van der Waals surface area contributed by atoms with E-state index in [2.05, 4.69) is 6.92 Å². The van der Waals surface area contributed by atoms with E-state index < -0.39 is 15.0 Å². The first-order chi connectivity index (χ1) is 18.8. The molecule has 0 saturated carbocycles. The molecule has 5 nitrogen and oxygen atoms in total. The first-order valence-corrected chi connectivity index (χ1v) is 16.8. The van der Waals surface area contributed by atoms with Crippen LogP contribution in [0.1, 0.15) is 37.3 Å². The van der Waals surface area contributed by atoms with Gasteiger partial charge in [0.1, 0.15) is 11.5 Å². The molecule has 4 aromatic rings. The molecular formula is C32H36O5P2. The molecule has 4 rings (SSSR count). The van der Waals surface area contributed by atoms with E-state index in [0.29, 0.717) is 27.7 Å². The van der Waals surface area contributed by atoms with Crippen LogP contribution in [-0.2, 0) is 20.1 Å². The lowest BCUT2D eigenvalue weighted by Gasteiger charge is -2.24. The van der Waals surface area contributed by atoms with E-state index in [1.54, 1.807) is 30.9 Å². The summed E-state index contributed by atoms with van der Waals surface area (Å²) in [5.41, 5.74) is 3.39. The molecule has 0 aliphatic heterocycles. The maximum Gasteiger partial charge on any atom is 0.410 e. The van der Waals surface area contributed by atoms with Crippen LogP contribution in [0.2, 0.25) is 0 Å². The molecule has 0 bridgehead atoms. The third kappa shape index (κ3) is 7.11. The summed E-state index contributed by atoms with van der Waals surface area (Å²) >= 11 is 0. The van der Waals surface area contributed by atoms with Gasteiger partial charge < -0.3 is 9.05 Å². The molecule has 0 aromatic heterocycles. The van der Waals surface area contributed by atoms with E-state index in [0.717, 1.165) is 42.4 Å². The van der Waals surface area contributed by atoms with Crippen molar-refractivity contribution in [3.63, 3.8) is 0 Å². The fraction of sp³-hybridized carbons (Fsp3) is 0.250. The van der Waals surface area contributed by atoms with Crippen molar-refractivity contribution >= 4 is 25.6 Å². The van der Waals surface area contributed by atoms with Gasteiger partial charge in [-0.05, 0) is 67.3 Å². The van der Waals surface area contributed by atoms with Crippen LogP contribution in [0.25, 0.3) is 11.1 Å². The summed E-state index contributed by atoms with van der Waals surface area (Å²) in [6, 6.07) is 29.9. The normalized spacial score (nSPS) is 14.3. The van der Waals surface area contributed by atoms with E-state index in [1.165, 1.54) is 7.11 Å². The van der Waals surface area contributed by atoms with Crippen molar-refractivity contribution < 1.29 is 22.7 Å². The van der Waals surface area contributed by atoms with Crippen LogP contribution in [0.3, 0.4) is 0 Å². The second kappa shape index (κ2) is 12.8. The molecule has 0 amide bonds. The fourth-order valence-corrected chi connectivity index (χ4v) is 7.14. The molecule has 7 heteroatoms. The minimum atomic E-state index is -3.74. The third-order valence-corrected chi connectivity index (χ3v) is 10.2. The van der Waals surface area contributed by atoms with Gasteiger partial charge in [-0.2, -0.15) is 0 Å². The average molecular weight is 563 g/mol. The summed E-state index contributed by atoms with van der Waals surface area (Å²) in [6.07, 6.45) is 3.90. The predicted molar refractivity (Wildman–Crippen MR) is 161 cm³/mol. The van der Waals surface area contributed by atoms with E-state index >= 15 is 0 Å². The fourth-order valence-electron chi connectivity index (χ4n) is 4.47. The molecule has 39 heavy (non-hydrogen) atoms. The van der Waals surface area contributed by atoms with Crippen molar-refractivity contribution in [1.82, 2.24) is 0 Å². The summed E-state index contributed by atoms with van der Waals surface area (Å²) in [5.74, 6) is 0.793. The van der Waals surface area contributed by atoms with Gasteiger partial charge in [-0.25, -0.2) is 4.57 Å². The van der Waals surface area contributed by atoms with Gasteiger partial charge in [-0.3, -0.25) is 9.09 Å². The molecule has 0 aliphatic carbocycles. The van der Waals surface area contributed by atoms with Crippen LogP contribution in [0.15, 0.2) is 97.1 Å². The zero-order valence-corrected chi connectivity index (χ0v) is 24.8. The first kappa shape index (κ1) is 28.9. The zero-order valence-electron chi connectivity index (χ0n) is 23.0. The molecule has 2 unspecified atom stereocenters. The van der Waals surface area contributed by atoms with Crippen LogP contribution in [0, 0.1) is 6.92 Å². The molecule has 4 aromatic carbocycles. The number of aryl methyl sites for hydroxylation is 2. The summed E-state index contributed by atoms with van der Waals surface area (Å²) < 4.78 is 46.3. The standard InChI is InChI=1S/C32H36O5P2/c1-5-6-9-16-26-23-30(36-38(4,33)28-18-10-7-11-19-28)32(27-17-14-15-25(2)22-27)31(24-26)37-39(34,35-3)29-20-12-8-13-21-29/h7-8,10-15,17-24H,5-6,9,16H2,1-4H3. The number of unbranched alkanes of at least 4 members (excludes halogenated alkanes) is 2. The minimum absolute atomic E-state index is 0.367. The first-order valence-electron chi connectivity index (χ1n) is 13.2. The van der Waals surface area contributed by atoms with E-state index in [1.807, 2.05) is 79.7 Å². The van der Waals surface area contributed by atoms with Gasteiger partial charge in [0.05, 0.1) is 10.9 Å². The Balaban J connectivity index is 1.92. The summed E-state index contributed by atoms with van der Waals surface area (Å²) in [7, 11) is -5.62. The van der Waals surface area contributed by atoms with Crippen molar-refractivity contribution in [3.8, 4) is 22.6 Å². The maximum absolute atomic E-state index is 14.1. The van der Waals surface area contributed by atoms with Gasteiger partial charge in [0.25, 0.3) is 7.37 Å². The molecule has 0 fully saturated rings. The van der Waals surface area contributed by atoms with Crippen LogP contribution < -0.4 is 19.7 Å². The lowest BCUT2D eigenvalue weighted by molar-refractivity contribution is 0.334. The second-order valence-electron chi connectivity index (χ2n) is 9.67. The molecule has 0 heterocycles. The van der Waals surface area contributed by atoms with Gasteiger partial charge in [-0.1, -0.05) is 86.0 Å². The second-order valence-corrected chi connectivity index (χ2v) is 14.1. The quantitative estimate of drug-likeness (QED) is 0.128. The number of benzene rings is 4. The molecule has 0 saturated heterocycles. The third-order valence-electron chi connectivity index (χ3n) is 6.53. The summed E-state index contributed by atoms with van der Waals surface area (Å²) in [4.78, 5) is 0. The Bertz CT molecular complexity index is 1490. The molecule has 204 valence electrons. The van der Waals surface area contributed by atoms with Crippen molar-refractivity contribution in [3.05, 3.63) is 108 Å². The topological polar surface area (TPSA) is 61.8 Å². The van der Waals surface area contributed by atoms with Gasteiger partial charge in [-0.15, -0.1) is 0 Å². The van der Waals surface area contributed by atoms with E-state index in [4.69, 9.17) is 13.6 Å². The highest BCUT2D eigenvalue weighted by Gasteiger charge is 2.31. The van der Waals surface area contributed by atoms with Gasteiger partial charge >= 0.3 is 7.60 Å². The predicted octanol–water partition coefficient (Wildman–Crippen LogP) is 8.55. The number of hydrogen-bond donors (Lipinski definition) is 0. The Hall–Kier alpha value is -3.10. The Kier molecular flexibility index (Phi) is 9.51. The summed E-state index contributed by atoms with van der Waals surface area (Å²) in [6.45, 7) is 5.78. The largest absolute Gasteiger partial charge is 0.439 e. The minimum Gasteiger partial charge on any atom is -0.439 e. The number of rotatable bonds is 12. The van der Waals surface area contributed by atoms with Crippen molar-refractivity contribution in [1.29, 1.82) is 0 Å². The number of hydrogen-bond acceptors (Lipinski definition) is 5. The molecule has 0 aliphatic rings. The van der Waals surface area contributed by atoms with Crippen LogP contribution in [0.4, 0.5) is 0 Å². The molecule has 0 radical (unpaired) electrons. The van der Waals surface area contributed by atoms with E-state index in [-0.39, 0.29) is 0 Å². The van der Waals surface area contributed by atoms with Crippen LogP contribution in [-0.4, -0.2) is 13.8 Å². The molecule has 2 atom stereocenters.